The Bertz CT molecular complexity index is 287. The Hall–Kier alpha value is -0.783. The Kier molecular flexibility index (Phi) is 2.10. The number of nitrogens with one attached hydrogen (secondary N) is 1. The number of aromatic amines is 1. The Morgan fingerprint density at radius 2 is 2.30 bits per heavy atom. The first kappa shape index (κ1) is 7.33. The molecule has 1 aromatic heterocycles. The number of hydrogen-bond donors (Lipinski definition) is 1. The second-order valence-electron chi connectivity index (χ2n) is 1.73. The first-order valence-corrected chi connectivity index (χ1v) is 2.64. The molecular formula is C6H4LiN3. The van der Waals surface area contributed by atoms with Crippen LogP contribution in [0.3, 0.4) is 0 Å². The number of nitrogens with zero attached hydrogens (tertiary/aromatic N) is 2. The van der Waals surface area contributed by atoms with Gasteiger partial charge in [-0.1, -0.05) is 0 Å². The molecule has 0 saturated heterocycles. The average molecular weight is 125 g/mol. The molecule has 0 atom stereocenters. The van der Waals surface area contributed by atoms with Crippen LogP contribution in [0.25, 0.3) is 11.0 Å². The summed E-state index contributed by atoms with van der Waals surface area (Å²) >= 11 is 0. The number of benzene rings is 1. The minimum absolute atomic E-state index is 0. The van der Waals surface area contributed by atoms with Gasteiger partial charge in [-0.15, -0.1) is 6.07 Å². The van der Waals surface area contributed by atoms with Crippen LogP contribution in [-0.4, -0.2) is 15.4 Å². The quantitative estimate of drug-likeness (QED) is 0.319. The van der Waals surface area contributed by atoms with Gasteiger partial charge in [0.2, 0.25) is 0 Å². The molecule has 1 heterocycles. The van der Waals surface area contributed by atoms with E-state index >= 15 is 0 Å². The summed E-state index contributed by atoms with van der Waals surface area (Å²) in [6.07, 6.45) is 0. The van der Waals surface area contributed by atoms with Crippen LogP contribution in [0.2, 0.25) is 0 Å². The van der Waals surface area contributed by atoms with Crippen molar-refractivity contribution in [1.29, 1.82) is 0 Å². The van der Waals surface area contributed by atoms with E-state index in [1.54, 1.807) is 0 Å². The van der Waals surface area contributed by atoms with E-state index in [0.717, 1.165) is 11.0 Å². The van der Waals surface area contributed by atoms with Gasteiger partial charge in [0.25, 0.3) is 0 Å². The third-order valence-electron chi connectivity index (χ3n) is 1.15. The molecule has 0 amide bonds. The molecule has 0 spiro atoms. The molecule has 0 aliphatic rings. The summed E-state index contributed by atoms with van der Waals surface area (Å²) < 4.78 is 0. The van der Waals surface area contributed by atoms with E-state index in [9.17, 15) is 0 Å². The van der Waals surface area contributed by atoms with Gasteiger partial charge in [-0.2, -0.15) is 23.3 Å². The van der Waals surface area contributed by atoms with Crippen molar-refractivity contribution in [2.45, 2.75) is 0 Å². The van der Waals surface area contributed by atoms with Crippen LogP contribution in [0.15, 0.2) is 18.2 Å². The van der Waals surface area contributed by atoms with E-state index in [1.165, 1.54) is 0 Å². The van der Waals surface area contributed by atoms with Gasteiger partial charge in [0, 0.05) is 5.52 Å². The van der Waals surface area contributed by atoms with Crippen LogP contribution in [-0.2, 0) is 0 Å². The maximum absolute atomic E-state index is 3.85. The minimum Gasteiger partial charge on any atom is -0.223 e. The summed E-state index contributed by atoms with van der Waals surface area (Å²) in [5.41, 5.74) is 1.65. The van der Waals surface area contributed by atoms with Crippen molar-refractivity contribution in [3.63, 3.8) is 0 Å². The zero-order valence-corrected chi connectivity index (χ0v) is 5.63. The zero-order valence-electron chi connectivity index (χ0n) is 5.63. The molecule has 2 rings (SSSR count). The summed E-state index contributed by atoms with van der Waals surface area (Å²) in [7, 11) is 0. The molecule has 44 valence electrons. The second-order valence-corrected chi connectivity index (χ2v) is 1.73. The average Bonchev–Trinajstić information content (AvgIpc) is 2.33. The molecule has 1 N–H and O–H groups in total. The van der Waals surface area contributed by atoms with Gasteiger partial charge in [-0.3, -0.25) is 0 Å². The number of aromatic nitrogens is 3. The van der Waals surface area contributed by atoms with Gasteiger partial charge >= 0.3 is 18.9 Å². The molecule has 1 aromatic carbocycles. The van der Waals surface area contributed by atoms with E-state index in [1.807, 2.05) is 18.2 Å². The topological polar surface area (TPSA) is 41.6 Å². The van der Waals surface area contributed by atoms with Crippen molar-refractivity contribution in [2.75, 3.05) is 0 Å². The number of rotatable bonds is 0. The largest absolute Gasteiger partial charge is 1.00 e. The molecule has 0 saturated carbocycles. The number of fused-ring (bicyclic) bond motifs is 1. The molecule has 10 heavy (non-hydrogen) atoms. The van der Waals surface area contributed by atoms with Gasteiger partial charge in [-0.25, -0.2) is 10.3 Å². The first-order valence-electron chi connectivity index (χ1n) is 2.64. The molecule has 3 nitrogen and oxygen atoms in total. The van der Waals surface area contributed by atoms with Crippen molar-refractivity contribution in [2.24, 2.45) is 0 Å². The number of para-hydroxylation sites is 1. The van der Waals surface area contributed by atoms with Crippen molar-refractivity contribution >= 4 is 11.0 Å². The predicted octanol–water partition coefficient (Wildman–Crippen LogP) is -2.24. The van der Waals surface area contributed by atoms with Gasteiger partial charge in [0.05, 0.1) is 0 Å². The van der Waals surface area contributed by atoms with E-state index < -0.39 is 0 Å². The minimum atomic E-state index is 0. The monoisotopic (exact) mass is 125 g/mol. The summed E-state index contributed by atoms with van der Waals surface area (Å²) in [6.45, 7) is 0. The molecule has 0 unspecified atom stereocenters. The normalized spacial score (nSPS) is 9.20. The Morgan fingerprint density at radius 3 is 3.10 bits per heavy atom. The standard InChI is InChI=1S/C6H4N3.Li/c1-2-4-6-5(3-1)7-9-8-6;/h1-3H,(H,7,8,9);/q-1;+1. The maximum Gasteiger partial charge on any atom is 1.00 e. The molecule has 0 radical (unpaired) electrons. The number of hydrogen-bond acceptors (Lipinski definition) is 2. The fourth-order valence-electron chi connectivity index (χ4n) is 0.728. The van der Waals surface area contributed by atoms with E-state index in [0.29, 0.717) is 0 Å². The fraction of sp³-hybridized carbons (Fsp3) is 0. The fourth-order valence-corrected chi connectivity index (χ4v) is 0.728. The van der Waals surface area contributed by atoms with Crippen LogP contribution in [0, 0.1) is 6.07 Å². The van der Waals surface area contributed by atoms with E-state index in [4.69, 9.17) is 0 Å². The van der Waals surface area contributed by atoms with Gasteiger partial charge in [0.1, 0.15) is 0 Å². The molecule has 0 fully saturated rings. The molecule has 2 aromatic rings. The first-order chi connectivity index (χ1) is 4.47. The Balaban J connectivity index is 0.000000500. The van der Waals surface area contributed by atoms with Crippen LogP contribution in [0.4, 0.5) is 0 Å². The molecule has 0 bridgehead atoms. The molecular weight excluding hydrogens is 121 g/mol. The predicted molar refractivity (Wildman–Crippen MR) is 32.7 cm³/mol. The van der Waals surface area contributed by atoms with E-state index in [2.05, 4.69) is 21.5 Å². The van der Waals surface area contributed by atoms with Gasteiger partial charge < -0.3 is 0 Å². The second kappa shape index (κ2) is 2.87. The van der Waals surface area contributed by atoms with Crippen LogP contribution in [0.5, 0.6) is 0 Å². The summed E-state index contributed by atoms with van der Waals surface area (Å²) in [5, 5.41) is 10.2. The maximum atomic E-state index is 3.85. The van der Waals surface area contributed by atoms with Crippen molar-refractivity contribution in [3.8, 4) is 0 Å². The van der Waals surface area contributed by atoms with Crippen molar-refractivity contribution in [1.82, 2.24) is 15.4 Å². The SMILES string of the molecule is [Li+].[c-]1cccc2n[nH]nc12. The zero-order chi connectivity index (χ0) is 6.10. The third kappa shape index (κ3) is 1.06. The van der Waals surface area contributed by atoms with E-state index in [-0.39, 0.29) is 18.9 Å². The molecule has 0 aliphatic heterocycles. The molecule has 4 heteroatoms. The van der Waals surface area contributed by atoms with Gasteiger partial charge in [0.15, 0.2) is 0 Å². The van der Waals surface area contributed by atoms with Crippen molar-refractivity contribution < 1.29 is 18.9 Å². The van der Waals surface area contributed by atoms with Crippen LogP contribution >= 0.6 is 0 Å². The molecule has 0 aliphatic carbocycles. The summed E-state index contributed by atoms with van der Waals surface area (Å²) in [5.74, 6) is 0. The van der Waals surface area contributed by atoms with Crippen LogP contribution in [0.1, 0.15) is 0 Å². The van der Waals surface area contributed by atoms with Gasteiger partial charge in [-0.05, 0) is 5.52 Å². The Labute approximate surface area is 70.0 Å². The summed E-state index contributed by atoms with van der Waals surface area (Å²) in [6, 6.07) is 8.50. The van der Waals surface area contributed by atoms with Crippen LogP contribution < -0.4 is 18.9 Å². The smallest absolute Gasteiger partial charge is 0.223 e. The Morgan fingerprint density at radius 1 is 1.40 bits per heavy atom. The van der Waals surface area contributed by atoms with Crippen molar-refractivity contribution in [3.05, 3.63) is 24.3 Å². The summed E-state index contributed by atoms with van der Waals surface area (Å²) in [4.78, 5) is 0. The third-order valence-corrected chi connectivity index (χ3v) is 1.15. The number of H-pyrrole nitrogens is 1.